The van der Waals surface area contributed by atoms with E-state index in [1.807, 2.05) is 22.7 Å². The number of aryl methyl sites for hydroxylation is 1. The number of aromatic nitrogens is 3. The molecule has 4 heterocycles. The molecule has 1 aliphatic rings. The molecule has 0 saturated carbocycles. The summed E-state index contributed by atoms with van der Waals surface area (Å²) in [5.41, 5.74) is 7.95. The van der Waals surface area contributed by atoms with Crippen LogP contribution in [0.2, 0.25) is 0 Å². The summed E-state index contributed by atoms with van der Waals surface area (Å²) >= 11 is 3.70. The molecule has 5 aromatic carbocycles. The number of allylic oxidation sites excluding steroid dienone is 1. The molecule has 212 valence electrons. The molecular formula is C40H25N3S2. The number of hydrogen-bond acceptors (Lipinski definition) is 4. The van der Waals surface area contributed by atoms with Crippen molar-refractivity contribution in [2.45, 2.75) is 12.8 Å². The predicted octanol–water partition coefficient (Wildman–Crippen LogP) is 11.4. The first-order valence-corrected chi connectivity index (χ1v) is 17.0. The molecule has 0 bridgehead atoms. The van der Waals surface area contributed by atoms with E-state index in [0.717, 1.165) is 46.0 Å². The normalized spacial score (nSPS) is 13.1. The van der Waals surface area contributed by atoms with E-state index < -0.39 is 0 Å². The van der Waals surface area contributed by atoms with Crippen LogP contribution < -0.4 is 0 Å². The van der Waals surface area contributed by atoms with Gasteiger partial charge in [0.05, 0.1) is 27.1 Å². The highest BCUT2D eigenvalue weighted by Gasteiger charge is 2.23. The van der Waals surface area contributed by atoms with E-state index in [1.165, 1.54) is 57.8 Å². The maximum Gasteiger partial charge on any atom is 0.163 e. The van der Waals surface area contributed by atoms with Crippen molar-refractivity contribution in [3.05, 3.63) is 132 Å². The molecule has 0 radical (unpaired) electrons. The van der Waals surface area contributed by atoms with Gasteiger partial charge in [0.15, 0.2) is 5.82 Å². The second kappa shape index (κ2) is 9.70. The first kappa shape index (κ1) is 25.2. The Morgan fingerprint density at radius 1 is 0.644 bits per heavy atom. The highest BCUT2D eigenvalue weighted by molar-refractivity contribution is 7.26. The first-order chi connectivity index (χ1) is 22.3. The minimum atomic E-state index is 0.758. The van der Waals surface area contributed by atoms with Crippen molar-refractivity contribution in [2.75, 3.05) is 0 Å². The maximum absolute atomic E-state index is 5.40. The van der Waals surface area contributed by atoms with Gasteiger partial charge in [-0.05, 0) is 42.7 Å². The molecule has 0 saturated heterocycles. The summed E-state index contributed by atoms with van der Waals surface area (Å²) in [7, 11) is 0. The molecule has 45 heavy (non-hydrogen) atoms. The van der Waals surface area contributed by atoms with Crippen LogP contribution in [0.3, 0.4) is 0 Å². The standard InChI is InChI=1S/C40H25N3S2/c1-2-12-24(13-3-1)36-35-30-17-7-11-21-34(30)45-40(35)42-39(41-36)29-16-5-9-19-32(29)43-31-18-8-4-14-25(31)27-22-23-28-26-15-6-10-20-33(26)44-38(28)37(27)43/h1-10,12-20,22-23H,11,21H2. The minimum absolute atomic E-state index is 0.758. The van der Waals surface area contributed by atoms with Crippen molar-refractivity contribution in [3.63, 3.8) is 0 Å². The molecule has 3 nitrogen and oxygen atoms in total. The molecule has 0 N–H and O–H groups in total. The Bertz CT molecular complexity index is 2650. The fourth-order valence-electron chi connectivity index (χ4n) is 7.11. The molecule has 0 atom stereocenters. The highest BCUT2D eigenvalue weighted by atomic mass is 32.1. The van der Waals surface area contributed by atoms with E-state index in [1.54, 1.807) is 0 Å². The number of fused-ring (bicyclic) bond motifs is 10. The number of para-hydroxylation sites is 2. The van der Waals surface area contributed by atoms with Crippen molar-refractivity contribution >= 4 is 80.9 Å². The lowest BCUT2D eigenvalue weighted by molar-refractivity contribution is 1.02. The molecule has 1 aliphatic carbocycles. The highest BCUT2D eigenvalue weighted by Crippen LogP contribution is 2.45. The van der Waals surface area contributed by atoms with Gasteiger partial charge in [-0.25, -0.2) is 9.97 Å². The van der Waals surface area contributed by atoms with Gasteiger partial charge in [0.25, 0.3) is 0 Å². The smallest absolute Gasteiger partial charge is 0.163 e. The van der Waals surface area contributed by atoms with Crippen molar-refractivity contribution < 1.29 is 0 Å². The minimum Gasteiger partial charge on any atom is -0.307 e. The lowest BCUT2D eigenvalue weighted by Gasteiger charge is -2.15. The molecule has 0 spiro atoms. The number of nitrogens with zero attached hydrogens (tertiary/aromatic N) is 3. The first-order valence-electron chi connectivity index (χ1n) is 15.3. The molecule has 0 amide bonds. The fraction of sp³-hybridized carbons (Fsp3) is 0.0500. The van der Waals surface area contributed by atoms with Gasteiger partial charge in [0.2, 0.25) is 0 Å². The monoisotopic (exact) mass is 611 g/mol. The van der Waals surface area contributed by atoms with Crippen LogP contribution in [0.4, 0.5) is 0 Å². The molecule has 10 rings (SSSR count). The summed E-state index contributed by atoms with van der Waals surface area (Å²) in [6, 6.07) is 41.4. The molecule has 0 fully saturated rings. The van der Waals surface area contributed by atoms with Crippen LogP contribution in [-0.4, -0.2) is 14.5 Å². The third-order valence-electron chi connectivity index (χ3n) is 9.10. The largest absolute Gasteiger partial charge is 0.307 e. The Labute approximate surface area is 267 Å². The fourth-order valence-corrected chi connectivity index (χ4v) is 9.52. The molecule has 5 heteroatoms. The zero-order valence-electron chi connectivity index (χ0n) is 24.2. The van der Waals surface area contributed by atoms with E-state index in [2.05, 4.69) is 132 Å². The second-order valence-electron chi connectivity index (χ2n) is 11.6. The maximum atomic E-state index is 5.40. The third-order valence-corrected chi connectivity index (χ3v) is 11.5. The van der Waals surface area contributed by atoms with Gasteiger partial charge in [0, 0.05) is 47.6 Å². The zero-order valence-corrected chi connectivity index (χ0v) is 25.8. The van der Waals surface area contributed by atoms with Crippen LogP contribution in [0, 0.1) is 0 Å². The van der Waals surface area contributed by atoms with Gasteiger partial charge in [-0.15, -0.1) is 22.7 Å². The third kappa shape index (κ3) is 3.68. The van der Waals surface area contributed by atoms with Crippen LogP contribution >= 0.6 is 22.7 Å². The quantitative estimate of drug-likeness (QED) is 0.199. The summed E-state index contributed by atoms with van der Waals surface area (Å²) in [6.07, 6.45) is 6.68. The van der Waals surface area contributed by atoms with Crippen LogP contribution in [0.5, 0.6) is 0 Å². The summed E-state index contributed by atoms with van der Waals surface area (Å²) in [5, 5.41) is 6.29. The Balaban J connectivity index is 1.31. The average Bonchev–Trinajstić information content (AvgIpc) is 3.78. The summed E-state index contributed by atoms with van der Waals surface area (Å²) in [4.78, 5) is 13.2. The average molecular weight is 612 g/mol. The number of thiophene rings is 2. The number of rotatable bonds is 3. The van der Waals surface area contributed by atoms with Gasteiger partial charge in [-0.1, -0.05) is 103 Å². The van der Waals surface area contributed by atoms with Crippen LogP contribution in [0.25, 0.3) is 86.6 Å². The van der Waals surface area contributed by atoms with Gasteiger partial charge in [-0.3, -0.25) is 0 Å². The summed E-state index contributed by atoms with van der Waals surface area (Å²) in [5.74, 6) is 0.758. The Hall–Kier alpha value is -5.10. The van der Waals surface area contributed by atoms with Crippen LogP contribution in [0.15, 0.2) is 121 Å². The van der Waals surface area contributed by atoms with Crippen LogP contribution in [0.1, 0.15) is 16.9 Å². The molecule has 0 aliphatic heterocycles. The second-order valence-corrected chi connectivity index (χ2v) is 13.8. The van der Waals surface area contributed by atoms with Crippen molar-refractivity contribution in [3.8, 4) is 28.3 Å². The van der Waals surface area contributed by atoms with E-state index in [0.29, 0.717) is 0 Å². The van der Waals surface area contributed by atoms with Crippen LogP contribution in [-0.2, 0) is 6.42 Å². The molecule has 0 unspecified atom stereocenters. The summed E-state index contributed by atoms with van der Waals surface area (Å²) < 4.78 is 5.07. The Morgan fingerprint density at radius 3 is 2.36 bits per heavy atom. The van der Waals surface area contributed by atoms with Gasteiger partial charge in [-0.2, -0.15) is 0 Å². The lowest BCUT2D eigenvalue weighted by atomic mass is 10.00. The predicted molar refractivity (Wildman–Crippen MR) is 193 cm³/mol. The van der Waals surface area contributed by atoms with E-state index in [4.69, 9.17) is 9.97 Å². The molecule has 4 aromatic heterocycles. The lowest BCUT2D eigenvalue weighted by Crippen LogP contribution is -2.01. The van der Waals surface area contributed by atoms with Crippen molar-refractivity contribution in [1.82, 2.24) is 14.5 Å². The Kier molecular flexibility index (Phi) is 5.44. The summed E-state index contributed by atoms with van der Waals surface area (Å²) in [6.45, 7) is 0. The van der Waals surface area contributed by atoms with E-state index >= 15 is 0 Å². The van der Waals surface area contributed by atoms with Crippen molar-refractivity contribution in [1.29, 1.82) is 0 Å². The van der Waals surface area contributed by atoms with E-state index in [-0.39, 0.29) is 0 Å². The number of hydrogen-bond donors (Lipinski definition) is 0. The molecular weight excluding hydrogens is 587 g/mol. The van der Waals surface area contributed by atoms with Gasteiger partial charge >= 0.3 is 0 Å². The topological polar surface area (TPSA) is 30.7 Å². The van der Waals surface area contributed by atoms with Gasteiger partial charge < -0.3 is 4.57 Å². The number of benzene rings is 5. The molecule has 9 aromatic rings. The van der Waals surface area contributed by atoms with E-state index in [9.17, 15) is 0 Å². The Morgan fingerprint density at radius 2 is 1.42 bits per heavy atom. The SMILES string of the molecule is C1=Cc2c(sc3nc(-c4ccccc4-n4c5ccccc5c5ccc6c7ccccc7sc6c54)nc(-c4ccccc4)c23)CC1. The van der Waals surface area contributed by atoms with Crippen molar-refractivity contribution in [2.24, 2.45) is 0 Å². The zero-order chi connectivity index (χ0) is 29.5. The van der Waals surface area contributed by atoms with Gasteiger partial charge in [0.1, 0.15) is 4.83 Å².